The fourth-order valence-corrected chi connectivity index (χ4v) is 2.88. The second-order valence-corrected chi connectivity index (χ2v) is 6.23. The predicted octanol–water partition coefficient (Wildman–Crippen LogP) is 3.07. The lowest BCUT2D eigenvalue weighted by Gasteiger charge is -2.05. The van der Waals surface area contributed by atoms with Crippen molar-refractivity contribution in [1.29, 1.82) is 0 Å². The molecule has 0 amide bonds. The molecule has 120 valence electrons. The zero-order valence-electron chi connectivity index (χ0n) is 12.3. The summed E-state index contributed by atoms with van der Waals surface area (Å²) in [7, 11) is 0. The SMILES string of the molecule is Clc1nc(-n2ccc(Br)n2)c2ncn(CCc3ccccn3)c2n1. The van der Waals surface area contributed by atoms with Gasteiger partial charge in [-0.25, -0.2) is 9.67 Å². The lowest BCUT2D eigenvalue weighted by Crippen LogP contribution is -2.05. The van der Waals surface area contributed by atoms with Gasteiger partial charge in [0.05, 0.1) is 6.33 Å². The number of rotatable bonds is 4. The van der Waals surface area contributed by atoms with Crippen LogP contribution in [-0.2, 0) is 13.0 Å². The molecule has 4 aromatic rings. The maximum Gasteiger partial charge on any atom is 0.226 e. The number of hydrogen-bond donors (Lipinski definition) is 0. The largest absolute Gasteiger partial charge is 0.315 e. The standard InChI is InChI=1S/C15H11BrClN7/c16-11-5-8-24(22-11)14-12-13(20-15(17)21-14)23(9-19-12)7-4-10-3-1-2-6-18-10/h1-3,5-6,8-9H,4,7H2. The van der Waals surface area contributed by atoms with E-state index in [-0.39, 0.29) is 5.28 Å². The maximum atomic E-state index is 6.10. The summed E-state index contributed by atoms with van der Waals surface area (Å²) in [5.74, 6) is 0.548. The third kappa shape index (κ3) is 2.90. The van der Waals surface area contributed by atoms with Crippen molar-refractivity contribution in [2.75, 3.05) is 0 Å². The van der Waals surface area contributed by atoms with Crippen LogP contribution in [0.25, 0.3) is 17.0 Å². The monoisotopic (exact) mass is 403 g/mol. The maximum absolute atomic E-state index is 6.10. The van der Waals surface area contributed by atoms with Crippen LogP contribution in [0.4, 0.5) is 0 Å². The first kappa shape index (κ1) is 15.2. The molecule has 0 spiro atoms. The zero-order valence-corrected chi connectivity index (χ0v) is 14.7. The number of fused-ring (bicyclic) bond motifs is 1. The lowest BCUT2D eigenvalue weighted by molar-refractivity contribution is 0.697. The number of aryl methyl sites for hydroxylation is 2. The Morgan fingerprint density at radius 1 is 1.12 bits per heavy atom. The minimum atomic E-state index is 0.156. The van der Waals surface area contributed by atoms with Crippen molar-refractivity contribution in [1.82, 2.24) is 34.3 Å². The number of aromatic nitrogens is 7. The molecule has 0 fully saturated rings. The molecular weight excluding hydrogens is 394 g/mol. The van der Waals surface area contributed by atoms with E-state index in [4.69, 9.17) is 11.6 Å². The highest BCUT2D eigenvalue weighted by atomic mass is 79.9. The van der Waals surface area contributed by atoms with Crippen molar-refractivity contribution in [2.45, 2.75) is 13.0 Å². The fourth-order valence-electron chi connectivity index (χ4n) is 2.43. The van der Waals surface area contributed by atoms with Crippen LogP contribution in [0.2, 0.25) is 5.28 Å². The molecule has 0 unspecified atom stereocenters. The Labute approximate surface area is 150 Å². The topological polar surface area (TPSA) is 74.3 Å². The highest BCUT2D eigenvalue weighted by Crippen LogP contribution is 2.21. The van der Waals surface area contributed by atoms with Crippen LogP contribution >= 0.6 is 27.5 Å². The molecular formula is C15H11BrClN7. The highest BCUT2D eigenvalue weighted by molar-refractivity contribution is 9.10. The molecule has 0 atom stereocenters. The summed E-state index contributed by atoms with van der Waals surface area (Å²) < 4.78 is 4.27. The summed E-state index contributed by atoms with van der Waals surface area (Å²) in [6.07, 6.45) is 6.08. The Balaban J connectivity index is 1.72. The van der Waals surface area contributed by atoms with E-state index in [0.717, 1.165) is 12.1 Å². The number of pyridine rings is 1. The van der Waals surface area contributed by atoms with Gasteiger partial charge in [0.15, 0.2) is 17.0 Å². The molecule has 0 saturated heterocycles. The van der Waals surface area contributed by atoms with Gasteiger partial charge in [0, 0.05) is 31.1 Å². The second-order valence-electron chi connectivity index (χ2n) is 5.08. The third-order valence-electron chi connectivity index (χ3n) is 3.53. The molecule has 0 radical (unpaired) electrons. The van der Waals surface area contributed by atoms with Gasteiger partial charge in [-0.2, -0.15) is 15.1 Å². The van der Waals surface area contributed by atoms with Crippen LogP contribution in [0.5, 0.6) is 0 Å². The van der Waals surface area contributed by atoms with Crippen LogP contribution in [0.1, 0.15) is 5.69 Å². The number of halogens is 2. The van der Waals surface area contributed by atoms with Gasteiger partial charge < -0.3 is 4.57 Å². The quantitative estimate of drug-likeness (QED) is 0.489. The Kier molecular flexibility index (Phi) is 3.99. The van der Waals surface area contributed by atoms with E-state index in [2.05, 4.69) is 41.0 Å². The molecule has 0 aromatic carbocycles. The van der Waals surface area contributed by atoms with E-state index < -0.39 is 0 Å². The third-order valence-corrected chi connectivity index (χ3v) is 4.12. The van der Waals surface area contributed by atoms with Crippen molar-refractivity contribution in [3.8, 4) is 5.82 Å². The average Bonchev–Trinajstić information content (AvgIpc) is 3.19. The lowest BCUT2D eigenvalue weighted by atomic mass is 10.3. The molecule has 4 heterocycles. The van der Waals surface area contributed by atoms with E-state index >= 15 is 0 Å². The van der Waals surface area contributed by atoms with Gasteiger partial charge in [0.1, 0.15) is 4.60 Å². The molecule has 7 nitrogen and oxygen atoms in total. The van der Waals surface area contributed by atoms with Gasteiger partial charge in [-0.1, -0.05) is 6.07 Å². The first-order valence-corrected chi connectivity index (χ1v) is 8.37. The molecule has 0 N–H and O–H groups in total. The molecule has 0 bridgehead atoms. The van der Waals surface area contributed by atoms with E-state index in [1.807, 2.05) is 28.8 Å². The van der Waals surface area contributed by atoms with Crippen LogP contribution in [0.3, 0.4) is 0 Å². The molecule has 0 aliphatic heterocycles. The first-order chi connectivity index (χ1) is 11.7. The molecule has 0 aliphatic rings. The summed E-state index contributed by atoms with van der Waals surface area (Å²) in [6, 6.07) is 7.69. The molecule has 4 rings (SSSR count). The summed E-state index contributed by atoms with van der Waals surface area (Å²) in [5.41, 5.74) is 2.33. The van der Waals surface area contributed by atoms with Gasteiger partial charge in [0.2, 0.25) is 5.28 Å². The van der Waals surface area contributed by atoms with E-state index in [0.29, 0.717) is 28.1 Å². The summed E-state index contributed by atoms with van der Waals surface area (Å²) in [6.45, 7) is 0.698. The van der Waals surface area contributed by atoms with Crippen LogP contribution in [0, 0.1) is 0 Å². The molecule has 9 heteroatoms. The molecule has 4 aromatic heterocycles. The first-order valence-electron chi connectivity index (χ1n) is 7.20. The van der Waals surface area contributed by atoms with Crippen LogP contribution in [-0.4, -0.2) is 34.3 Å². The van der Waals surface area contributed by atoms with Crippen molar-refractivity contribution in [3.63, 3.8) is 0 Å². The minimum absolute atomic E-state index is 0.156. The smallest absolute Gasteiger partial charge is 0.226 e. The highest BCUT2D eigenvalue weighted by Gasteiger charge is 2.15. The van der Waals surface area contributed by atoms with Crippen molar-refractivity contribution in [2.24, 2.45) is 0 Å². The molecule has 24 heavy (non-hydrogen) atoms. The average molecular weight is 405 g/mol. The molecule has 0 saturated carbocycles. The van der Waals surface area contributed by atoms with Gasteiger partial charge in [-0.3, -0.25) is 4.98 Å². The van der Waals surface area contributed by atoms with Crippen molar-refractivity contribution in [3.05, 3.63) is 58.6 Å². The van der Waals surface area contributed by atoms with E-state index in [1.165, 1.54) is 0 Å². The second kappa shape index (κ2) is 6.29. The Hall–Kier alpha value is -2.32. The number of imidazole rings is 1. The Bertz CT molecular complexity index is 996. The number of hydrogen-bond acceptors (Lipinski definition) is 5. The zero-order chi connectivity index (χ0) is 16.5. The minimum Gasteiger partial charge on any atom is -0.315 e. The number of nitrogens with zero attached hydrogens (tertiary/aromatic N) is 7. The van der Waals surface area contributed by atoms with Crippen LogP contribution < -0.4 is 0 Å². The Morgan fingerprint density at radius 2 is 2.04 bits per heavy atom. The van der Waals surface area contributed by atoms with Crippen molar-refractivity contribution < 1.29 is 0 Å². The predicted molar refractivity (Wildman–Crippen MR) is 93.1 cm³/mol. The normalized spacial score (nSPS) is 11.2. The summed E-state index contributed by atoms with van der Waals surface area (Å²) in [4.78, 5) is 17.4. The van der Waals surface area contributed by atoms with Gasteiger partial charge in [0.25, 0.3) is 0 Å². The van der Waals surface area contributed by atoms with Crippen molar-refractivity contribution >= 4 is 38.7 Å². The summed E-state index contributed by atoms with van der Waals surface area (Å²) in [5, 5.41) is 4.46. The van der Waals surface area contributed by atoms with Gasteiger partial charge in [-0.05, 0) is 45.7 Å². The van der Waals surface area contributed by atoms with Crippen LogP contribution in [0.15, 0.2) is 47.6 Å². The Morgan fingerprint density at radius 3 is 2.79 bits per heavy atom. The van der Waals surface area contributed by atoms with E-state index in [9.17, 15) is 0 Å². The van der Waals surface area contributed by atoms with E-state index in [1.54, 1.807) is 23.4 Å². The molecule has 0 aliphatic carbocycles. The summed E-state index contributed by atoms with van der Waals surface area (Å²) >= 11 is 9.43. The fraction of sp³-hybridized carbons (Fsp3) is 0.133. The van der Waals surface area contributed by atoms with Gasteiger partial charge >= 0.3 is 0 Å². The van der Waals surface area contributed by atoms with Gasteiger partial charge in [-0.15, -0.1) is 0 Å².